The molecule has 1 amide bonds. The van der Waals surface area contributed by atoms with Crippen molar-refractivity contribution in [3.63, 3.8) is 0 Å². The van der Waals surface area contributed by atoms with Gasteiger partial charge in [0.05, 0.1) is 0 Å². The number of nitrogens with two attached hydrogens (primary N) is 1. The molecule has 7 heteroatoms. The lowest BCUT2D eigenvalue weighted by Crippen LogP contribution is -2.15. The fraction of sp³-hybridized carbons (Fsp3) is 0.188. The molecular weight excluding hydrogens is 300 g/mol. The van der Waals surface area contributed by atoms with Gasteiger partial charge in [-0.3, -0.25) is 4.79 Å². The molecule has 5 N–H and O–H groups in total. The van der Waals surface area contributed by atoms with Gasteiger partial charge in [0.1, 0.15) is 0 Å². The molecule has 0 radical (unpaired) electrons. The van der Waals surface area contributed by atoms with Crippen LogP contribution in [0.1, 0.15) is 27.9 Å². The zero-order valence-corrected chi connectivity index (χ0v) is 12.2. The van der Waals surface area contributed by atoms with Gasteiger partial charge in [-0.25, -0.2) is 9.59 Å². The van der Waals surface area contributed by atoms with Crippen molar-refractivity contribution in [2.24, 2.45) is 5.73 Å². The lowest BCUT2D eigenvalue weighted by molar-refractivity contribution is -0.134. The van der Waals surface area contributed by atoms with Gasteiger partial charge in [0.15, 0.2) is 0 Å². The predicted molar refractivity (Wildman–Crippen MR) is 83.3 cm³/mol. The lowest BCUT2D eigenvalue weighted by atomic mass is 9.89. The van der Waals surface area contributed by atoms with Crippen molar-refractivity contribution in [2.45, 2.75) is 19.3 Å². The highest BCUT2D eigenvalue weighted by molar-refractivity contribution is 6.01. The smallest absolute Gasteiger partial charge is 0.328 e. The van der Waals surface area contributed by atoms with Crippen molar-refractivity contribution in [1.82, 2.24) is 4.98 Å². The largest absolute Gasteiger partial charge is 0.478 e. The van der Waals surface area contributed by atoms with Crippen molar-refractivity contribution in [2.75, 3.05) is 0 Å². The summed E-state index contributed by atoms with van der Waals surface area (Å²) in [6.45, 7) is 0. The van der Waals surface area contributed by atoms with Crippen molar-refractivity contribution < 1.29 is 24.6 Å². The van der Waals surface area contributed by atoms with E-state index >= 15 is 0 Å². The second kappa shape index (κ2) is 6.78. The molecule has 1 aliphatic carbocycles. The quantitative estimate of drug-likeness (QED) is 0.636. The third-order valence-corrected chi connectivity index (χ3v) is 3.54. The third-order valence-electron chi connectivity index (χ3n) is 3.54. The zero-order valence-electron chi connectivity index (χ0n) is 12.2. The molecule has 120 valence electrons. The van der Waals surface area contributed by atoms with Gasteiger partial charge >= 0.3 is 11.9 Å². The molecule has 3 rings (SSSR count). The van der Waals surface area contributed by atoms with E-state index in [-0.39, 0.29) is 5.91 Å². The van der Waals surface area contributed by atoms with Crippen LogP contribution in [0.15, 0.2) is 30.5 Å². The van der Waals surface area contributed by atoms with E-state index in [9.17, 15) is 14.4 Å². The summed E-state index contributed by atoms with van der Waals surface area (Å²) in [5.41, 5.74) is 9.62. The summed E-state index contributed by atoms with van der Waals surface area (Å²) >= 11 is 0. The van der Waals surface area contributed by atoms with Crippen LogP contribution in [0.5, 0.6) is 0 Å². The van der Waals surface area contributed by atoms with Gasteiger partial charge < -0.3 is 20.9 Å². The molecule has 23 heavy (non-hydrogen) atoms. The zero-order chi connectivity index (χ0) is 17.0. The number of carboxylic acid groups (broad SMARTS) is 2. The number of carbonyl (C=O) groups is 3. The minimum absolute atomic E-state index is 0.319. The highest BCUT2D eigenvalue weighted by Gasteiger charge is 2.18. The average Bonchev–Trinajstić information content (AvgIpc) is 2.91. The molecule has 0 saturated heterocycles. The Morgan fingerprint density at radius 3 is 2.30 bits per heavy atom. The Balaban J connectivity index is 0.000000207. The number of primary amides is 1. The maximum Gasteiger partial charge on any atom is 0.328 e. The molecule has 0 aliphatic heterocycles. The molecule has 0 spiro atoms. The van der Waals surface area contributed by atoms with Crippen molar-refractivity contribution in [3.05, 3.63) is 47.2 Å². The van der Waals surface area contributed by atoms with Crippen LogP contribution in [0.3, 0.4) is 0 Å². The number of aromatic amines is 1. The Hall–Kier alpha value is -3.09. The van der Waals surface area contributed by atoms with Crippen LogP contribution in [0.2, 0.25) is 0 Å². The molecule has 2 aromatic rings. The summed E-state index contributed by atoms with van der Waals surface area (Å²) in [5.74, 6) is -2.83. The minimum atomic E-state index is -1.26. The van der Waals surface area contributed by atoms with Gasteiger partial charge in [-0.05, 0) is 42.5 Å². The number of carboxylic acids is 2. The number of rotatable bonds is 3. The Labute approximate surface area is 131 Å². The van der Waals surface area contributed by atoms with Gasteiger partial charge in [-0.15, -0.1) is 0 Å². The van der Waals surface area contributed by atoms with E-state index in [1.807, 2.05) is 18.3 Å². The molecular formula is C16H16N2O5. The van der Waals surface area contributed by atoms with Crippen LogP contribution in [0.4, 0.5) is 0 Å². The van der Waals surface area contributed by atoms with Crippen LogP contribution in [-0.4, -0.2) is 33.0 Å². The van der Waals surface area contributed by atoms with Crippen LogP contribution in [-0.2, 0) is 22.4 Å². The van der Waals surface area contributed by atoms with E-state index < -0.39 is 11.9 Å². The fourth-order valence-corrected chi connectivity index (χ4v) is 2.66. The maximum absolute atomic E-state index is 11.3. The number of aliphatic carboxylic acids is 2. The van der Waals surface area contributed by atoms with Crippen molar-refractivity contribution in [3.8, 4) is 0 Å². The number of hydrogen-bond donors (Lipinski definition) is 4. The molecule has 1 aromatic heterocycles. The number of aryl methyl sites for hydroxylation is 2. The van der Waals surface area contributed by atoms with E-state index in [2.05, 4.69) is 4.98 Å². The Bertz CT molecular complexity index is 788. The third kappa shape index (κ3) is 3.76. The average molecular weight is 316 g/mol. The first kappa shape index (κ1) is 16.3. The molecule has 7 nitrogen and oxygen atoms in total. The summed E-state index contributed by atoms with van der Waals surface area (Å²) in [6.07, 6.45) is 6.31. The van der Waals surface area contributed by atoms with E-state index in [4.69, 9.17) is 15.9 Å². The fourth-order valence-electron chi connectivity index (χ4n) is 2.66. The van der Waals surface area contributed by atoms with E-state index in [0.29, 0.717) is 17.7 Å². The number of hydrogen-bond acceptors (Lipinski definition) is 3. The molecule has 0 atom stereocenters. The first-order valence-corrected chi connectivity index (χ1v) is 6.95. The molecule has 1 aliphatic rings. The second-order valence-electron chi connectivity index (χ2n) is 5.06. The topological polar surface area (TPSA) is 133 Å². The van der Waals surface area contributed by atoms with Crippen LogP contribution >= 0.6 is 0 Å². The maximum atomic E-state index is 11.3. The highest BCUT2D eigenvalue weighted by atomic mass is 16.4. The standard InChI is InChI=1S/C12H12N2O.C4H4O4/c13-12(15)9-4-5-10-11-7(6-14-10)2-1-3-8(9)11;5-3(6)1-2-4(7)8/h4-6,14H,1-3H2,(H2,13,15);1-2H,(H,5,6)(H,7,8). The molecule has 0 unspecified atom stereocenters. The van der Waals surface area contributed by atoms with Crippen LogP contribution in [0, 0.1) is 0 Å². The molecule has 0 saturated carbocycles. The summed E-state index contributed by atoms with van der Waals surface area (Å²) in [5, 5.41) is 16.8. The second-order valence-corrected chi connectivity index (χ2v) is 5.06. The summed E-state index contributed by atoms with van der Waals surface area (Å²) in [4.78, 5) is 33.6. The Morgan fingerprint density at radius 1 is 1.09 bits per heavy atom. The van der Waals surface area contributed by atoms with Gasteiger partial charge in [-0.2, -0.15) is 0 Å². The van der Waals surface area contributed by atoms with Gasteiger partial charge in [0.25, 0.3) is 0 Å². The first-order valence-electron chi connectivity index (χ1n) is 6.95. The van der Waals surface area contributed by atoms with Crippen LogP contribution in [0.25, 0.3) is 10.9 Å². The molecule has 1 heterocycles. The van der Waals surface area contributed by atoms with Crippen LogP contribution < -0.4 is 5.73 Å². The Kier molecular flexibility index (Phi) is 4.80. The summed E-state index contributed by atoms with van der Waals surface area (Å²) < 4.78 is 0. The number of H-pyrrole nitrogens is 1. The predicted octanol–water partition coefficient (Wildman–Crippen LogP) is 1.47. The van der Waals surface area contributed by atoms with Gasteiger partial charge in [0, 0.05) is 34.8 Å². The van der Waals surface area contributed by atoms with E-state index in [1.165, 1.54) is 10.9 Å². The number of aromatic nitrogens is 1. The Morgan fingerprint density at radius 2 is 1.74 bits per heavy atom. The SMILES string of the molecule is NC(=O)c1ccc2[nH]cc3c2c1CCC3.O=C(O)C=CC(=O)O. The number of carbonyl (C=O) groups excluding carboxylic acids is 1. The number of amides is 1. The monoisotopic (exact) mass is 316 g/mol. The summed E-state index contributed by atoms with van der Waals surface area (Å²) in [7, 11) is 0. The number of nitrogens with one attached hydrogen (secondary N) is 1. The first-order chi connectivity index (χ1) is 10.9. The van der Waals surface area contributed by atoms with Crippen molar-refractivity contribution >= 4 is 28.7 Å². The van der Waals surface area contributed by atoms with E-state index in [1.54, 1.807) is 0 Å². The van der Waals surface area contributed by atoms with E-state index in [0.717, 1.165) is 30.3 Å². The molecule has 0 fully saturated rings. The minimum Gasteiger partial charge on any atom is -0.478 e. The summed E-state index contributed by atoms with van der Waals surface area (Å²) in [6, 6.07) is 3.76. The molecule has 0 bridgehead atoms. The van der Waals surface area contributed by atoms with Crippen molar-refractivity contribution in [1.29, 1.82) is 0 Å². The van der Waals surface area contributed by atoms with Gasteiger partial charge in [0.2, 0.25) is 5.91 Å². The van der Waals surface area contributed by atoms with Gasteiger partial charge in [-0.1, -0.05) is 0 Å². The normalized spacial score (nSPS) is 12.7. The molecule has 1 aromatic carbocycles. The lowest BCUT2D eigenvalue weighted by Gasteiger charge is -2.14. The number of benzene rings is 1. The highest BCUT2D eigenvalue weighted by Crippen LogP contribution is 2.31.